The number of rotatable bonds is 0. The first-order valence-electron chi connectivity index (χ1n) is 6.72. The highest BCUT2D eigenvalue weighted by atomic mass is 16.8. The molecule has 0 saturated carbocycles. The van der Waals surface area contributed by atoms with Crippen molar-refractivity contribution >= 4 is 31.9 Å². The van der Waals surface area contributed by atoms with E-state index in [1.54, 1.807) is 13.8 Å². The van der Waals surface area contributed by atoms with E-state index < -0.39 is 11.2 Å². The first kappa shape index (κ1) is 20.0. The van der Waals surface area contributed by atoms with Crippen molar-refractivity contribution in [3.05, 3.63) is 0 Å². The summed E-state index contributed by atoms with van der Waals surface area (Å²) < 4.78 is 0. The van der Waals surface area contributed by atoms with Crippen LogP contribution in [0.4, 0.5) is 0 Å². The Morgan fingerprint density at radius 1 is 0.636 bits per heavy atom. The maximum absolute atomic E-state index is 5.86. The Balaban J connectivity index is 2.77. The van der Waals surface area contributed by atoms with Gasteiger partial charge in [-0.1, -0.05) is 0 Å². The fraction of sp³-hybridized carbons (Fsp3) is 1.00. The third-order valence-electron chi connectivity index (χ3n) is 2.50. The molecule has 22 heavy (non-hydrogen) atoms. The van der Waals surface area contributed by atoms with E-state index in [0.29, 0.717) is 0 Å². The fourth-order valence-corrected chi connectivity index (χ4v) is 1.85. The maximum Gasteiger partial charge on any atom is 0.227 e. The van der Waals surface area contributed by atoms with Crippen molar-refractivity contribution in [2.45, 2.75) is 38.9 Å². The largest absolute Gasteiger partial charge is 0.305 e. The van der Waals surface area contributed by atoms with Gasteiger partial charge in [0, 0.05) is 13.1 Å². The van der Waals surface area contributed by atoms with Crippen molar-refractivity contribution < 1.29 is 19.4 Å². The second kappa shape index (κ2) is 8.16. The van der Waals surface area contributed by atoms with Crippen LogP contribution in [0.15, 0.2) is 0 Å². The van der Waals surface area contributed by atoms with Gasteiger partial charge in [-0.2, -0.15) is 0 Å². The lowest BCUT2D eigenvalue weighted by molar-refractivity contribution is -0.297. The Kier molecular flexibility index (Phi) is 7.41. The molecule has 0 aromatic heterocycles. The zero-order valence-corrected chi connectivity index (χ0v) is 13.6. The summed E-state index contributed by atoms with van der Waals surface area (Å²) in [7, 11) is 22.8. The first-order valence-corrected chi connectivity index (χ1v) is 6.72. The summed E-state index contributed by atoms with van der Waals surface area (Å²) in [5.41, 5.74) is -1.45. The maximum atomic E-state index is 5.86. The van der Waals surface area contributed by atoms with Crippen LogP contribution in [0.25, 0.3) is 0 Å². The molecule has 0 spiro atoms. The van der Waals surface area contributed by atoms with Crippen molar-refractivity contribution in [1.82, 2.24) is 19.9 Å². The van der Waals surface area contributed by atoms with Gasteiger partial charge < -0.3 is 9.68 Å². The van der Waals surface area contributed by atoms with Crippen LogP contribution in [-0.2, 0) is 19.4 Å². The summed E-state index contributed by atoms with van der Waals surface area (Å²) in [6.45, 7) is 7.45. The molecule has 0 bridgehead atoms. The van der Waals surface area contributed by atoms with Crippen LogP contribution in [0.3, 0.4) is 0 Å². The molecule has 0 aliphatic carbocycles. The van der Waals surface area contributed by atoms with E-state index in [1.165, 1.54) is 4.97 Å². The molecule has 0 amide bonds. The number of hydrogen-bond donors (Lipinski definition) is 0. The van der Waals surface area contributed by atoms with Crippen LogP contribution in [0.5, 0.6) is 0 Å². The minimum absolute atomic E-state index is 0.115. The van der Waals surface area contributed by atoms with E-state index in [4.69, 9.17) is 51.3 Å². The lowest BCUT2D eigenvalue weighted by Crippen LogP contribution is -2.50. The highest BCUT2D eigenvalue weighted by Gasteiger charge is 2.29. The van der Waals surface area contributed by atoms with Crippen LogP contribution in [0, 0.1) is 0 Å². The Labute approximate surface area is 137 Å². The summed E-state index contributed by atoms with van der Waals surface area (Å²) >= 11 is 0. The Morgan fingerprint density at radius 3 is 1.64 bits per heavy atom. The molecule has 1 fully saturated rings. The van der Waals surface area contributed by atoms with Crippen molar-refractivity contribution in [1.29, 1.82) is 0 Å². The molecule has 0 aromatic carbocycles. The van der Waals surface area contributed by atoms with Gasteiger partial charge in [0.25, 0.3) is 0 Å². The first-order chi connectivity index (χ1) is 9.99. The highest BCUT2D eigenvalue weighted by molar-refractivity contribution is 6.04. The van der Waals surface area contributed by atoms with Gasteiger partial charge in [-0.15, -0.1) is 0 Å². The van der Waals surface area contributed by atoms with E-state index in [2.05, 4.69) is 0 Å². The van der Waals surface area contributed by atoms with E-state index in [-0.39, 0.29) is 26.6 Å². The molecule has 0 atom stereocenters. The molecule has 0 unspecified atom stereocenters. The van der Waals surface area contributed by atoms with Crippen LogP contribution in [-0.4, -0.2) is 89.6 Å². The lowest BCUT2D eigenvalue weighted by Gasteiger charge is -2.39. The Bertz CT molecular complexity index is 323. The van der Waals surface area contributed by atoms with Crippen LogP contribution < -0.4 is 0 Å². The van der Waals surface area contributed by atoms with Crippen molar-refractivity contribution in [2.24, 2.45) is 0 Å². The second-order valence-corrected chi connectivity index (χ2v) is 6.20. The van der Waals surface area contributed by atoms with Gasteiger partial charge in [0.05, 0.1) is 11.2 Å². The molecular weight excluding hydrogens is 283 g/mol. The molecule has 8 nitrogen and oxygen atoms in total. The molecule has 0 aromatic rings. The monoisotopic (exact) mass is 304 g/mol. The topological polar surface area (TPSA) is 49.9 Å². The molecule has 12 heteroatoms. The molecule has 8 radical (unpaired) electrons. The minimum Gasteiger partial charge on any atom is -0.305 e. The van der Waals surface area contributed by atoms with Gasteiger partial charge in [-0.3, -0.25) is 9.68 Å². The standard InChI is InChI=1S/C10H20B4N4O4/c1-9(2)5-15(11)19-7-17(13)20-8-18(14)22-10(3,4)6-16(12)21-9/h5-8H2,1-4H3. The molecule has 1 aliphatic heterocycles. The normalized spacial score (nSPS) is 28.2. The van der Waals surface area contributed by atoms with Gasteiger partial charge in [-0.25, -0.2) is 19.9 Å². The smallest absolute Gasteiger partial charge is 0.227 e. The summed E-state index contributed by atoms with van der Waals surface area (Å²) in [5, 5.41) is 0. The van der Waals surface area contributed by atoms with Crippen LogP contribution in [0.2, 0.25) is 0 Å². The molecule has 1 aliphatic rings. The summed E-state index contributed by atoms with van der Waals surface area (Å²) in [4.78, 5) is 25.7. The van der Waals surface area contributed by atoms with Crippen molar-refractivity contribution in [3.8, 4) is 0 Å². The van der Waals surface area contributed by atoms with Crippen molar-refractivity contribution in [2.75, 3.05) is 26.6 Å². The molecule has 0 N–H and O–H groups in total. The number of hydroxylamine groups is 4. The number of nitrogens with zero attached hydrogens (tertiary/aromatic N) is 4. The zero-order valence-electron chi connectivity index (χ0n) is 13.6. The van der Waals surface area contributed by atoms with Crippen LogP contribution in [0.1, 0.15) is 27.7 Å². The third kappa shape index (κ3) is 7.98. The average Bonchev–Trinajstić information content (AvgIpc) is 2.29. The van der Waals surface area contributed by atoms with E-state index in [9.17, 15) is 0 Å². The highest BCUT2D eigenvalue weighted by Crippen LogP contribution is 2.17. The zero-order chi connectivity index (χ0) is 17.0. The molecular formula is C10H20B4N4O4. The summed E-state index contributed by atoms with van der Waals surface area (Å²) in [6.07, 6.45) is 0. The molecule has 116 valence electrons. The predicted octanol–water partition coefficient (Wildman–Crippen LogP) is -1.26. The summed E-state index contributed by atoms with van der Waals surface area (Å²) in [6, 6.07) is 0. The Morgan fingerprint density at radius 2 is 1.05 bits per heavy atom. The van der Waals surface area contributed by atoms with Gasteiger partial charge in [0.15, 0.2) is 0 Å². The van der Waals surface area contributed by atoms with E-state index in [1.807, 2.05) is 13.8 Å². The average molecular weight is 304 g/mol. The van der Waals surface area contributed by atoms with Gasteiger partial charge >= 0.3 is 0 Å². The van der Waals surface area contributed by atoms with E-state index >= 15 is 0 Å². The number of hydrogen-bond acceptors (Lipinski definition) is 8. The third-order valence-corrected chi connectivity index (χ3v) is 2.50. The van der Waals surface area contributed by atoms with Gasteiger partial charge in [0.2, 0.25) is 31.9 Å². The molecule has 1 saturated heterocycles. The van der Waals surface area contributed by atoms with Crippen molar-refractivity contribution in [3.63, 3.8) is 0 Å². The van der Waals surface area contributed by atoms with E-state index in [0.717, 1.165) is 14.9 Å². The molecule has 1 heterocycles. The SMILES string of the molecule is [B]N1CON([B])CC(C)(C)ON([B])CC(C)(C)ON([B])CO1. The second-order valence-electron chi connectivity index (χ2n) is 6.20. The Hall–Kier alpha value is -0.0603. The lowest BCUT2D eigenvalue weighted by atomic mass is 10.1. The molecule has 1 rings (SSSR count). The van der Waals surface area contributed by atoms with Gasteiger partial charge in [-0.05, 0) is 27.7 Å². The quantitative estimate of drug-likeness (QED) is 0.514. The fourth-order valence-electron chi connectivity index (χ4n) is 1.85. The van der Waals surface area contributed by atoms with Gasteiger partial charge in [0.1, 0.15) is 13.5 Å². The summed E-state index contributed by atoms with van der Waals surface area (Å²) in [5.74, 6) is 0. The minimum atomic E-state index is -0.731. The van der Waals surface area contributed by atoms with Crippen LogP contribution >= 0.6 is 0 Å². The predicted molar refractivity (Wildman–Crippen MR) is 82.3 cm³/mol.